The standard InChI is InChI=1S/C18H28F6O/c1-9(2)13-12-7-10(14(13)15(3,4)5)6-11(12)8-16(25,17(19,20)21)18(22,23)24/h9-14,25H,6-8H2,1-5H3. The van der Waals surface area contributed by atoms with Gasteiger partial charge in [-0.15, -0.1) is 0 Å². The molecule has 0 heterocycles. The van der Waals surface area contributed by atoms with Crippen LogP contribution in [0.4, 0.5) is 26.3 Å². The summed E-state index contributed by atoms with van der Waals surface area (Å²) in [6, 6.07) is 0. The van der Waals surface area contributed by atoms with Gasteiger partial charge in [-0.25, -0.2) is 0 Å². The Balaban J connectivity index is 2.30. The van der Waals surface area contributed by atoms with E-state index >= 15 is 0 Å². The Kier molecular flexibility index (Phi) is 5.03. The number of fused-ring (bicyclic) bond motifs is 2. The molecule has 2 saturated carbocycles. The molecule has 0 saturated heterocycles. The van der Waals surface area contributed by atoms with Gasteiger partial charge in [-0.1, -0.05) is 34.6 Å². The topological polar surface area (TPSA) is 20.2 Å². The van der Waals surface area contributed by atoms with Crippen molar-refractivity contribution in [2.24, 2.45) is 40.9 Å². The fourth-order valence-electron chi connectivity index (χ4n) is 5.75. The second kappa shape index (κ2) is 6.03. The van der Waals surface area contributed by atoms with Crippen molar-refractivity contribution in [3.05, 3.63) is 0 Å². The van der Waals surface area contributed by atoms with Gasteiger partial charge in [0.2, 0.25) is 0 Å². The van der Waals surface area contributed by atoms with Crippen molar-refractivity contribution in [1.29, 1.82) is 0 Å². The molecular weight excluding hydrogens is 346 g/mol. The number of hydrogen-bond donors (Lipinski definition) is 1. The maximum atomic E-state index is 13.0. The molecule has 0 aliphatic heterocycles. The molecule has 2 fully saturated rings. The summed E-state index contributed by atoms with van der Waals surface area (Å²) in [5.74, 6) is -0.234. The summed E-state index contributed by atoms with van der Waals surface area (Å²) in [7, 11) is 0. The molecule has 5 unspecified atom stereocenters. The zero-order chi connectivity index (χ0) is 19.6. The van der Waals surface area contributed by atoms with Crippen molar-refractivity contribution >= 4 is 0 Å². The van der Waals surface area contributed by atoms with Gasteiger partial charge in [0.05, 0.1) is 0 Å². The fourth-order valence-corrected chi connectivity index (χ4v) is 5.75. The molecule has 7 heteroatoms. The summed E-state index contributed by atoms with van der Waals surface area (Å²) < 4.78 is 78.3. The predicted molar refractivity (Wildman–Crippen MR) is 82.7 cm³/mol. The van der Waals surface area contributed by atoms with Gasteiger partial charge in [0, 0.05) is 0 Å². The Labute approximate surface area is 145 Å². The van der Waals surface area contributed by atoms with Gasteiger partial charge < -0.3 is 5.11 Å². The maximum absolute atomic E-state index is 13.0. The van der Waals surface area contributed by atoms with Crippen LogP contribution in [-0.2, 0) is 0 Å². The normalized spacial score (nSPS) is 34.2. The van der Waals surface area contributed by atoms with Crippen molar-refractivity contribution in [3.8, 4) is 0 Å². The van der Waals surface area contributed by atoms with E-state index in [1.54, 1.807) is 0 Å². The van der Waals surface area contributed by atoms with Gasteiger partial charge in [0.25, 0.3) is 5.60 Å². The average Bonchev–Trinajstić information content (AvgIpc) is 2.91. The molecule has 5 atom stereocenters. The predicted octanol–water partition coefficient (Wildman–Crippen LogP) is 5.82. The molecule has 2 bridgehead atoms. The lowest BCUT2D eigenvalue weighted by atomic mass is 9.60. The molecule has 0 aromatic heterocycles. The lowest BCUT2D eigenvalue weighted by Gasteiger charge is -2.46. The van der Waals surface area contributed by atoms with Crippen LogP contribution in [0, 0.1) is 40.9 Å². The zero-order valence-electron chi connectivity index (χ0n) is 15.3. The minimum Gasteiger partial charge on any atom is -0.374 e. The monoisotopic (exact) mass is 374 g/mol. The first-order chi connectivity index (χ1) is 11.0. The molecule has 0 spiro atoms. The lowest BCUT2D eigenvalue weighted by Crippen LogP contribution is -2.58. The molecule has 0 aromatic carbocycles. The Morgan fingerprint density at radius 1 is 0.920 bits per heavy atom. The second-order valence-corrected chi connectivity index (χ2v) is 9.43. The van der Waals surface area contributed by atoms with E-state index in [4.69, 9.17) is 0 Å². The third kappa shape index (κ3) is 3.42. The molecule has 0 amide bonds. The molecule has 148 valence electrons. The van der Waals surface area contributed by atoms with E-state index in [0.717, 1.165) is 0 Å². The Bertz CT molecular complexity index is 473. The van der Waals surface area contributed by atoms with Crippen LogP contribution in [0.1, 0.15) is 53.9 Å². The van der Waals surface area contributed by atoms with Gasteiger partial charge >= 0.3 is 12.4 Å². The quantitative estimate of drug-likeness (QED) is 0.617. The number of alkyl halides is 6. The summed E-state index contributed by atoms with van der Waals surface area (Å²) in [4.78, 5) is 0. The van der Waals surface area contributed by atoms with E-state index in [1.165, 1.54) is 0 Å². The van der Waals surface area contributed by atoms with Crippen LogP contribution in [0.15, 0.2) is 0 Å². The highest BCUT2D eigenvalue weighted by Crippen LogP contribution is 2.64. The molecule has 1 nitrogen and oxygen atoms in total. The third-order valence-corrected chi connectivity index (χ3v) is 6.47. The number of hydrogen-bond acceptors (Lipinski definition) is 1. The van der Waals surface area contributed by atoms with Crippen molar-refractivity contribution < 1.29 is 31.4 Å². The molecule has 0 aromatic rings. The fraction of sp³-hybridized carbons (Fsp3) is 1.00. The summed E-state index contributed by atoms with van der Waals surface area (Å²) in [6.45, 7) is 10.2. The Hall–Kier alpha value is -0.460. The van der Waals surface area contributed by atoms with Crippen molar-refractivity contribution in [1.82, 2.24) is 0 Å². The largest absolute Gasteiger partial charge is 0.426 e. The van der Waals surface area contributed by atoms with Crippen LogP contribution in [0.5, 0.6) is 0 Å². The minimum atomic E-state index is -5.72. The van der Waals surface area contributed by atoms with E-state index in [0.29, 0.717) is 18.8 Å². The summed E-state index contributed by atoms with van der Waals surface area (Å²) >= 11 is 0. The highest BCUT2D eigenvalue weighted by Gasteiger charge is 2.72. The van der Waals surface area contributed by atoms with Crippen LogP contribution < -0.4 is 0 Å². The van der Waals surface area contributed by atoms with E-state index in [9.17, 15) is 31.4 Å². The van der Waals surface area contributed by atoms with E-state index in [-0.39, 0.29) is 29.1 Å². The van der Waals surface area contributed by atoms with Crippen LogP contribution in [0.25, 0.3) is 0 Å². The number of rotatable bonds is 3. The summed E-state index contributed by atoms with van der Waals surface area (Å²) in [5.41, 5.74) is -4.66. The second-order valence-electron chi connectivity index (χ2n) is 9.43. The van der Waals surface area contributed by atoms with Crippen LogP contribution in [-0.4, -0.2) is 23.1 Å². The maximum Gasteiger partial charge on any atom is 0.426 e. The van der Waals surface area contributed by atoms with Crippen LogP contribution >= 0.6 is 0 Å². The first-order valence-corrected chi connectivity index (χ1v) is 8.86. The smallest absolute Gasteiger partial charge is 0.374 e. The minimum absolute atomic E-state index is 0.0380. The highest BCUT2D eigenvalue weighted by atomic mass is 19.4. The van der Waals surface area contributed by atoms with Gasteiger partial charge in [0.1, 0.15) is 0 Å². The Morgan fingerprint density at radius 3 is 1.76 bits per heavy atom. The molecule has 1 N–H and O–H groups in total. The SMILES string of the molecule is CC(C)C1C2CC(CC2CC(O)(C(F)(F)F)C(F)(F)F)C1C(C)(C)C. The first-order valence-electron chi connectivity index (χ1n) is 8.86. The van der Waals surface area contributed by atoms with Gasteiger partial charge in [0.15, 0.2) is 0 Å². The summed E-state index contributed by atoms with van der Waals surface area (Å²) in [6.07, 6.45) is -11.7. The van der Waals surface area contributed by atoms with Crippen molar-refractivity contribution in [3.63, 3.8) is 0 Å². The van der Waals surface area contributed by atoms with Crippen LogP contribution in [0.3, 0.4) is 0 Å². The molecular formula is C18H28F6O. The zero-order valence-corrected chi connectivity index (χ0v) is 15.3. The number of halogens is 6. The van der Waals surface area contributed by atoms with Crippen molar-refractivity contribution in [2.45, 2.75) is 71.8 Å². The lowest BCUT2D eigenvalue weighted by molar-refractivity contribution is -0.373. The average molecular weight is 374 g/mol. The number of aliphatic hydroxyl groups is 1. The molecule has 0 radical (unpaired) electrons. The van der Waals surface area contributed by atoms with Gasteiger partial charge in [-0.2, -0.15) is 26.3 Å². The first kappa shape index (κ1) is 20.8. The molecule has 25 heavy (non-hydrogen) atoms. The van der Waals surface area contributed by atoms with Crippen LogP contribution in [0.2, 0.25) is 0 Å². The Morgan fingerprint density at radius 2 is 1.40 bits per heavy atom. The van der Waals surface area contributed by atoms with Gasteiger partial charge in [-0.05, 0) is 60.2 Å². The van der Waals surface area contributed by atoms with Gasteiger partial charge in [-0.3, -0.25) is 0 Å². The summed E-state index contributed by atoms with van der Waals surface area (Å²) in [5, 5.41) is 9.57. The van der Waals surface area contributed by atoms with E-state index in [1.807, 2.05) is 13.8 Å². The van der Waals surface area contributed by atoms with E-state index in [2.05, 4.69) is 20.8 Å². The molecule has 2 aliphatic carbocycles. The molecule has 2 aliphatic rings. The third-order valence-electron chi connectivity index (χ3n) is 6.47. The van der Waals surface area contributed by atoms with E-state index < -0.39 is 30.3 Å². The molecule has 2 rings (SSSR count). The highest BCUT2D eigenvalue weighted by molar-refractivity contribution is 5.07. The van der Waals surface area contributed by atoms with Crippen molar-refractivity contribution in [2.75, 3.05) is 0 Å².